The van der Waals surface area contributed by atoms with Gasteiger partial charge in [-0.25, -0.2) is 18.4 Å². The van der Waals surface area contributed by atoms with E-state index in [-0.39, 0.29) is 10.9 Å². The van der Waals surface area contributed by atoms with E-state index < -0.39 is 10.0 Å². The van der Waals surface area contributed by atoms with Crippen LogP contribution < -0.4 is 10.5 Å². The van der Waals surface area contributed by atoms with E-state index in [9.17, 15) is 13.2 Å². The van der Waals surface area contributed by atoms with Crippen LogP contribution in [0.15, 0.2) is 29.2 Å². The quantitative estimate of drug-likeness (QED) is 0.860. The molecule has 0 fully saturated rings. The molecule has 0 spiro atoms. The first-order chi connectivity index (χ1) is 8.84. The Bertz CT molecular complexity index is 526. The van der Waals surface area contributed by atoms with Gasteiger partial charge in [0.1, 0.15) is 0 Å². The van der Waals surface area contributed by atoms with E-state index >= 15 is 0 Å². The van der Waals surface area contributed by atoms with E-state index in [1.54, 1.807) is 11.9 Å². The first-order valence-corrected chi connectivity index (χ1v) is 7.54. The maximum absolute atomic E-state index is 11.8. The van der Waals surface area contributed by atoms with Crippen LogP contribution in [0.3, 0.4) is 0 Å². The Balaban J connectivity index is 2.65. The van der Waals surface area contributed by atoms with Crippen LogP contribution in [0, 0.1) is 0 Å². The van der Waals surface area contributed by atoms with Crippen molar-refractivity contribution in [2.75, 3.05) is 18.9 Å². The Morgan fingerprint density at radius 2 is 1.89 bits per heavy atom. The highest BCUT2D eigenvalue weighted by Gasteiger charge is 2.10. The summed E-state index contributed by atoms with van der Waals surface area (Å²) in [5, 5.41) is 7.67. The number of rotatable bonds is 5. The summed E-state index contributed by atoms with van der Waals surface area (Å²) in [5.74, 6) is 0. The van der Waals surface area contributed by atoms with E-state index in [0.29, 0.717) is 12.2 Å². The fourth-order valence-corrected chi connectivity index (χ4v) is 1.96. The van der Waals surface area contributed by atoms with Crippen molar-refractivity contribution in [3.63, 3.8) is 0 Å². The van der Waals surface area contributed by atoms with Gasteiger partial charge in [-0.15, -0.1) is 0 Å². The van der Waals surface area contributed by atoms with Crippen LogP contribution in [-0.4, -0.2) is 32.9 Å². The highest BCUT2D eigenvalue weighted by atomic mass is 32.2. The number of nitrogens with one attached hydrogen (secondary N) is 1. The van der Waals surface area contributed by atoms with Crippen molar-refractivity contribution in [3.8, 4) is 0 Å². The Labute approximate surface area is 113 Å². The second kappa shape index (κ2) is 6.53. The van der Waals surface area contributed by atoms with E-state index in [0.717, 1.165) is 12.8 Å². The molecular formula is C12H19N3O3S. The van der Waals surface area contributed by atoms with Gasteiger partial charge in [0.05, 0.1) is 4.90 Å². The highest BCUT2D eigenvalue weighted by molar-refractivity contribution is 7.89. The average Bonchev–Trinajstić information content (AvgIpc) is 2.35. The minimum Gasteiger partial charge on any atom is -0.328 e. The van der Waals surface area contributed by atoms with Gasteiger partial charge in [0.2, 0.25) is 10.0 Å². The zero-order valence-electron chi connectivity index (χ0n) is 11.1. The predicted octanol–water partition coefficient (Wildman–Crippen LogP) is 1.60. The van der Waals surface area contributed by atoms with Gasteiger partial charge < -0.3 is 10.2 Å². The van der Waals surface area contributed by atoms with Gasteiger partial charge in [-0.05, 0) is 30.7 Å². The standard InChI is InChI=1S/C12H19N3O3S/c1-3-4-9-15(2)12(16)14-10-5-7-11(8-6-10)19(13,17)18/h5-8H,3-4,9H2,1-2H3,(H,14,16)(H2,13,17,18). The minimum atomic E-state index is -3.70. The third-order valence-electron chi connectivity index (χ3n) is 2.63. The lowest BCUT2D eigenvalue weighted by atomic mass is 10.3. The van der Waals surface area contributed by atoms with Crippen molar-refractivity contribution in [1.82, 2.24) is 4.90 Å². The number of carbonyl (C=O) groups is 1. The summed E-state index contributed by atoms with van der Waals surface area (Å²) in [6.45, 7) is 2.73. The van der Waals surface area contributed by atoms with Gasteiger partial charge in [-0.2, -0.15) is 0 Å². The molecule has 0 unspecified atom stereocenters. The largest absolute Gasteiger partial charge is 0.328 e. The molecule has 106 valence electrons. The number of urea groups is 1. The van der Waals surface area contributed by atoms with Crippen molar-refractivity contribution in [1.29, 1.82) is 0 Å². The summed E-state index contributed by atoms with van der Waals surface area (Å²) in [5.41, 5.74) is 0.528. The molecule has 0 heterocycles. The molecule has 7 heteroatoms. The fourth-order valence-electron chi connectivity index (χ4n) is 1.44. The number of benzene rings is 1. The van der Waals surface area contributed by atoms with Crippen molar-refractivity contribution < 1.29 is 13.2 Å². The number of sulfonamides is 1. The van der Waals surface area contributed by atoms with Crippen LogP contribution in [-0.2, 0) is 10.0 Å². The maximum atomic E-state index is 11.8. The van der Waals surface area contributed by atoms with Crippen molar-refractivity contribution in [2.24, 2.45) is 5.14 Å². The van der Waals surface area contributed by atoms with Gasteiger partial charge in [0.25, 0.3) is 0 Å². The monoisotopic (exact) mass is 285 g/mol. The number of unbranched alkanes of at least 4 members (excludes halogenated alkanes) is 1. The molecule has 19 heavy (non-hydrogen) atoms. The molecule has 1 aromatic carbocycles. The van der Waals surface area contributed by atoms with Gasteiger partial charge in [0.15, 0.2) is 0 Å². The number of carbonyl (C=O) groups excluding carboxylic acids is 1. The van der Waals surface area contributed by atoms with Gasteiger partial charge in [0, 0.05) is 19.3 Å². The topological polar surface area (TPSA) is 92.5 Å². The SMILES string of the molecule is CCCCN(C)C(=O)Nc1ccc(S(N)(=O)=O)cc1. The summed E-state index contributed by atoms with van der Waals surface area (Å²) >= 11 is 0. The molecule has 0 saturated carbocycles. The number of amides is 2. The Kier molecular flexibility index (Phi) is 5.31. The number of nitrogens with zero attached hydrogens (tertiary/aromatic N) is 1. The molecule has 0 aliphatic heterocycles. The molecule has 6 nitrogen and oxygen atoms in total. The molecule has 0 bridgehead atoms. The molecule has 2 amide bonds. The lowest BCUT2D eigenvalue weighted by molar-refractivity contribution is 0.222. The molecule has 0 radical (unpaired) electrons. The average molecular weight is 285 g/mol. The second-order valence-electron chi connectivity index (χ2n) is 4.27. The fraction of sp³-hybridized carbons (Fsp3) is 0.417. The number of anilines is 1. The third-order valence-corrected chi connectivity index (χ3v) is 3.56. The van der Waals surface area contributed by atoms with E-state index in [4.69, 9.17) is 5.14 Å². The second-order valence-corrected chi connectivity index (χ2v) is 5.84. The Morgan fingerprint density at radius 1 is 1.32 bits per heavy atom. The normalized spacial score (nSPS) is 11.1. The summed E-state index contributed by atoms with van der Waals surface area (Å²) < 4.78 is 22.2. The van der Waals surface area contributed by atoms with Crippen LogP contribution in [0.2, 0.25) is 0 Å². The van der Waals surface area contributed by atoms with Crippen LogP contribution in [0.4, 0.5) is 10.5 Å². The molecule has 0 atom stereocenters. The van der Waals surface area contributed by atoms with E-state index in [1.807, 2.05) is 0 Å². The molecule has 0 aromatic heterocycles. The zero-order valence-corrected chi connectivity index (χ0v) is 11.9. The maximum Gasteiger partial charge on any atom is 0.321 e. The number of primary sulfonamides is 1. The van der Waals surface area contributed by atoms with Crippen molar-refractivity contribution in [2.45, 2.75) is 24.7 Å². The van der Waals surface area contributed by atoms with Crippen molar-refractivity contribution in [3.05, 3.63) is 24.3 Å². The molecule has 1 aromatic rings. The number of nitrogens with two attached hydrogens (primary N) is 1. The number of hydrogen-bond acceptors (Lipinski definition) is 3. The minimum absolute atomic E-state index is 0.0184. The summed E-state index contributed by atoms with van der Waals surface area (Å²) in [6.07, 6.45) is 1.95. The van der Waals surface area contributed by atoms with Crippen molar-refractivity contribution >= 4 is 21.7 Å². The molecule has 1 rings (SSSR count). The smallest absolute Gasteiger partial charge is 0.321 e. The zero-order chi connectivity index (χ0) is 14.5. The van der Waals surface area contributed by atoms with Crippen LogP contribution >= 0.6 is 0 Å². The van der Waals surface area contributed by atoms with Crippen LogP contribution in [0.1, 0.15) is 19.8 Å². The highest BCUT2D eigenvalue weighted by Crippen LogP contribution is 2.13. The first-order valence-electron chi connectivity index (χ1n) is 5.99. The molecule has 3 N–H and O–H groups in total. The number of hydrogen-bond donors (Lipinski definition) is 2. The lowest BCUT2D eigenvalue weighted by Crippen LogP contribution is -2.32. The Hall–Kier alpha value is -1.60. The van der Waals surface area contributed by atoms with Gasteiger partial charge in [-0.3, -0.25) is 0 Å². The molecule has 0 saturated heterocycles. The van der Waals surface area contributed by atoms with Gasteiger partial charge in [-0.1, -0.05) is 13.3 Å². The first kappa shape index (κ1) is 15.5. The Morgan fingerprint density at radius 3 is 2.37 bits per heavy atom. The molecule has 0 aliphatic rings. The molecular weight excluding hydrogens is 266 g/mol. The summed E-state index contributed by atoms with van der Waals surface area (Å²) in [7, 11) is -1.99. The van der Waals surface area contributed by atoms with Crippen LogP contribution in [0.5, 0.6) is 0 Å². The third kappa shape index (κ3) is 4.88. The summed E-state index contributed by atoms with van der Waals surface area (Å²) in [6, 6.07) is 5.50. The van der Waals surface area contributed by atoms with E-state index in [2.05, 4.69) is 12.2 Å². The van der Waals surface area contributed by atoms with E-state index in [1.165, 1.54) is 24.3 Å². The summed E-state index contributed by atoms with van der Waals surface area (Å²) in [4.78, 5) is 13.4. The van der Waals surface area contributed by atoms with Gasteiger partial charge >= 0.3 is 6.03 Å². The predicted molar refractivity (Wildman–Crippen MR) is 74.4 cm³/mol. The molecule has 0 aliphatic carbocycles. The lowest BCUT2D eigenvalue weighted by Gasteiger charge is -2.17. The van der Waals surface area contributed by atoms with Crippen LogP contribution in [0.25, 0.3) is 0 Å².